The van der Waals surface area contributed by atoms with E-state index < -0.39 is 0 Å². The molecule has 136 valence electrons. The molecule has 4 heterocycles. The first kappa shape index (κ1) is 17.1. The van der Waals surface area contributed by atoms with E-state index in [2.05, 4.69) is 37.5 Å². The summed E-state index contributed by atoms with van der Waals surface area (Å²) in [5, 5.41) is 12.4. The maximum Gasteiger partial charge on any atom is 0.278 e. The molecule has 0 saturated carbocycles. The Kier molecular flexibility index (Phi) is 4.47. The number of piperazine rings is 1. The molecule has 9 heteroatoms. The summed E-state index contributed by atoms with van der Waals surface area (Å²) >= 11 is 6.34. The maximum atomic E-state index is 6.34. The summed E-state index contributed by atoms with van der Waals surface area (Å²) in [5.41, 5.74) is 2.37. The SMILES string of the molecule is Cc1cc(C)n(-c2ccc(Cl)c(-c3nc(C4CNCCN4C)no3)n2)n1. The maximum absolute atomic E-state index is 6.34. The lowest BCUT2D eigenvalue weighted by Gasteiger charge is -2.30. The number of aryl methyl sites for hydroxylation is 2. The van der Waals surface area contributed by atoms with Crippen molar-refractivity contribution in [2.75, 3.05) is 26.7 Å². The van der Waals surface area contributed by atoms with Crippen molar-refractivity contribution in [2.24, 2.45) is 0 Å². The van der Waals surface area contributed by atoms with Crippen molar-refractivity contribution in [2.45, 2.75) is 19.9 Å². The number of halogens is 1. The lowest BCUT2D eigenvalue weighted by Crippen LogP contribution is -2.44. The number of hydrogen-bond acceptors (Lipinski definition) is 7. The van der Waals surface area contributed by atoms with Gasteiger partial charge in [-0.3, -0.25) is 4.90 Å². The van der Waals surface area contributed by atoms with Gasteiger partial charge in [-0.1, -0.05) is 16.8 Å². The Bertz CT molecular complexity index is 935. The predicted molar refractivity (Wildman–Crippen MR) is 97.4 cm³/mol. The van der Waals surface area contributed by atoms with Crippen molar-refractivity contribution >= 4 is 11.6 Å². The first-order chi connectivity index (χ1) is 12.5. The summed E-state index contributed by atoms with van der Waals surface area (Å²) in [4.78, 5) is 11.4. The highest BCUT2D eigenvalue weighted by molar-refractivity contribution is 6.32. The van der Waals surface area contributed by atoms with Crippen molar-refractivity contribution in [1.82, 2.24) is 35.1 Å². The smallest absolute Gasteiger partial charge is 0.278 e. The van der Waals surface area contributed by atoms with Gasteiger partial charge in [0, 0.05) is 25.3 Å². The summed E-state index contributed by atoms with van der Waals surface area (Å²) in [6.07, 6.45) is 0. The van der Waals surface area contributed by atoms with Crippen LogP contribution in [0.25, 0.3) is 17.4 Å². The molecule has 1 aliphatic heterocycles. The number of nitrogens with zero attached hydrogens (tertiary/aromatic N) is 6. The normalized spacial score (nSPS) is 18.4. The molecule has 1 unspecified atom stereocenters. The molecule has 1 N–H and O–H groups in total. The number of nitrogens with one attached hydrogen (secondary N) is 1. The van der Waals surface area contributed by atoms with Crippen LogP contribution in [0.4, 0.5) is 0 Å². The van der Waals surface area contributed by atoms with E-state index in [0.29, 0.717) is 28.2 Å². The molecule has 4 rings (SSSR count). The second kappa shape index (κ2) is 6.79. The second-order valence-corrected chi connectivity index (χ2v) is 6.90. The number of aromatic nitrogens is 5. The van der Waals surface area contributed by atoms with E-state index in [1.165, 1.54) is 0 Å². The van der Waals surface area contributed by atoms with Crippen LogP contribution in [-0.2, 0) is 0 Å². The molecule has 1 saturated heterocycles. The summed E-state index contributed by atoms with van der Waals surface area (Å²) < 4.78 is 7.24. The Balaban J connectivity index is 1.70. The highest BCUT2D eigenvalue weighted by Gasteiger charge is 2.26. The van der Waals surface area contributed by atoms with Crippen LogP contribution < -0.4 is 5.32 Å². The monoisotopic (exact) mass is 373 g/mol. The molecule has 3 aromatic heterocycles. The Hall–Kier alpha value is -2.29. The minimum atomic E-state index is 0.0687. The van der Waals surface area contributed by atoms with Gasteiger partial charge in [0.15, 0.2) is 11.6 Å². The van der Waals surface area contributed by atoms with Gasteiger partial charge in [-0.05, 0) is 39.1 Å². The summed E-state index contributed by atoms with van der Waals surface area (Å²) in [5.74, 6) is 1.60. The molecule has 1 fully saturated rings. The van der Waals surface area contributed by atoms with Crippen LogP contribution in [0.3, 0.4) is 0 Å². The van der Waals surface area contributed by atoms with Gasteiger partial charge in [-0.25, -0.2) is 9.67 Å². The average Bonchev–Trinajstić information content (AvgIpc) is 3.22. The third kappa shape index (κ3) is 3.11. The van der Waals surface area contributed by atoms with Crippen LogP contribution in [0.2, 0.25) is 5.02 Å². The lowest BCUT2D eigenvalue weighted by molar-refractivity contribution is 0.190. The van der Waals surface area contributed by atoms with E-state index in [4.69, 9.17) is 16.1 Å². The molecular formula is C17H20ClN7O. The van der Waals surface area contributed by atoms with Gasteiger partial charge in [-0.2, -0.15) is 10.1 Å². The summed E-state index contributed by atoms with van der Waals surface area (Å²) in [6, 6.07) is 5.65. The minimum absolute atomic E-state index is 0.0687. The number of hydrogen-bond donors (Lipinski definition) is 1. The summed E-state index contributed by atoms with van der Waals surface area (Å²) in [6.45, 7) is 6.59. The van der Waals surface area contributed by atoms with Gasteiger partial charge in [0.25, 0.3) is 5.89 Å². The van der Waals surface area contributed by atoms with Crippen LogP contribution >= 0.6 is 11.6 Å². The third-order valence-corrected chi connectivity index (χ3v) is 4.82. The molecule has 0 amide bonds. The van der Waals surface area contributed by atoms with Crippen LogP contribution in [0.5, 0.6) is 0 Å². The Labute approximate surface area is 156 Å². The van der Waals surface area contributed by atoms with Crippen LogP contribution in [0.1, 0.15) is 23.3 Å². The highest BCUT2D eigenvalue weighted by Crippen LogP contribution is 2.28. The van der Waals surface area contributed by atoms with Gasteiger partial charge < -0.3 is 9.84 Å². The lowest BCUT2D eigenvalue weighted by atomic mass is 10.2. The van der Waals surface area contributed by atoms with Gasteiger partial charge in [0.1, 0.15) is 5.69 Å². The molecule has 1 atom stereocenters. The van der Waals surface area contributed by atoms with Crippen LogP contribution in [-0.4, -0.2) is 56.5 Å². The minimum Gasteiger partial charge on any atom is -0.332 e. The zero-order valence-electron chi connectivity index (χ0n) is 14.9. The molecule has 0 aliphatic carbocycles. The first-order valence-corrected chi connectivity index (χ1v) is 8.86. The van der Waals surface area contributed by atoms with E-state index >= 15 is 0 Å². The Morgan fingerprint density at radius 1 is 1.27 bits per heavy atom. The first-order valence-electron chi connectivity index (χ1n) is 8.48. The zero-order chi connectivity index (χ0) is 18.3. The third-order valence-electron chi connectivity index (χ3n) is 4.51. The molecule has 0 spiro atoms. The second-order valence-electron chi connectivity index (χ2n) is 6.50. The van der Waals surface area contributed by atoms with Crippen molar-refractivity contribution in [3.05, 3.63) is 40.4 Å². The van der Waals surface area contributed by atoms with Crippen LogP contribution in [0, 0.1) is 13.8 Å². The van der Waals surface area contributed by atoms with Gasteiger partial charge in [-0.15, -0.1) is 0 Å². The van der Waals surface area contributed by atoms with Gasteiger partial charge in [0.05, 0.1) is 16.8 Å². The number of pyridine rings is 1. The van der Waals surface area contributed by atoms with Gasteiger partial charge >= 0.3 is 0 Å². The van der Waals surface area contributed by atoms with Crippen molar-refractivity contribution in [1.29, 1.82) is 0 Å². The fourth-order valence-corrected chi connectivity index (χ4v) is 3.31. The average molecular weight is 374 g/mol. The predicted octanol–water partition coefficient (Wildman–Crippen LogP) is 2.16. The fourth-order valence-electron chi connectivity index (χ4n) is 3.12. The van der Waals surface area contributed by atoms with Crippen molar-refractivity contribution < 1.29 is 4.52 Å². The van der Waals surface area contributed by atoms with E-state index in [1.807, 2.05) is 26.0 Å². The fraction of sp³-hybridized carbons (Fsp3) is 0.412. The molecule has 1 aliphatic rings. The molecule has 0 aromatic carbocycles. The topological polar surface area (TPSA) is 84.9 Å². The highest BCUT2D eigenvalue weighted by atomic mass is 35.5. The Morgan fingerprint density at radius 3 is 2.85 bits per heavy atom. The molecule has 0 radical (unpaired) electrons. The van der Waals surface area contributed by atoms with E-state index in [9.17, 15) is 0 Å². The van der Waals surface area contributed by atoms with E-state index in [0.717, 1.165) is 31.0 Å². The Morgan fingerprint density at radius 2 is 2.12 bits per heavy atom. The molecular weight excluding hydrogens is 354 g/mol. The van der Waals surface area contributed by atoms with Gasteiger partial charge in [0.2, 0.25) is 0 Å². The quantitative estimate of drug-likeness (QED) is 0.753. The molecule has 8 nitrogen and oxygen atoms in total. The summed E-state index contributed by atoms with van der Waals surface area (Å²) in [7, 11) is 2.05. The molecule has 3 aromatic rings. The molecule has 0 bridgehead atoms. The standard InChI is InChI=1S/C17H20ClN7O/c1-10-8-11(2)25(22-10)14-5-4-12(18)15(20-14)17-21-16(23-26-17)13-9-19-6-7-24(13)3/h4-5,8,13,19H,6-7,9H2,1-3H3. The number of rotatable bonds is 3. The molecule has 26 heavy (non-hydrogen) atoms. The van der Waals surface area contributed by atoms with E-state index in [-0.39, 0.29) is 6.04 Å². The number of likely N-dealkylation sites (N-methyl/N-ethyl adjacent to an activating group) is 1. The van der Waals surface area contributed by atoms with Crippen molar-refractivity contribution in [3.8, 4) is 17.4 Å². The zero-order valence-corrected chi connectivity index (χ0v) is 15.7. The largest absolute Gasteiger partial charge is 0.332 e. The van der Waals surface area contributed by atoms with E-state index in [1.54, 1.807) is 10.7 Å². The van der Waals surface area contributed by atoms with Crippen molar-refractivity contribution in [3.63, 3.8) is 0 Å². The van der Waals surface area contributed by atoms with Crippen LogP contribution in [0.15, 0.2) is 22.7 Å².